The SMILES string of the molecule is CN(C)/C=N\C(=S)NCCCN(C)C(=O)OC(C)(C)C. The number of nitrogens with one attached hydrogen (secondary N) is 1. The van der Waals surface area contributed by atoms with Gasteiger partial charge in [0.25, 0.3) is 0 Å². The van der Waals surface area contributed by atoms with Crippen LogP contribution in [0.25, 0.3) is 0 Å². The lowest BCUT2D eigenvalue weighted by Gasteiger charge is -2.24. The predicted molar refractivity (Wildman–Crippen MR) is 86.3 cm³/mol. The number of hydrogen-bond donors (Lipinski definition) is 1. The molecule has 0 aliphatic heterocycles. The molecule has 0 aliphatic rings. The Bertz CT molecular complexity index is 351. The first-order valence-electron chi connectivity index (χ1n) is 6.54. The van der Waals surface area contributed by atoms with Gasteiger partial charge in [0, 0.05) is 34.2 Å². The molecular formula is C13H26N4O2S. The van der Waals surface area contributed by atoms with Gasteiger partial charge in [0.05, 0.1) is 6.34 Å². The molecule has 0 aromatic heterocycles. The standard InChI is InChI=1S/C13H26N4O2S/c1-13(2,3)19-12(18)17(6)9-7-8-14-11(20)15-10-16(4)5/h10H,7-9H2,1-6H3,(H,14,20)/b15-10-. The van der Waals surface area contributed by atoms with E-state index in [-0.39, 0.29) is 6.09 Å². The van der Waals surface area contributed by atoms with Crippen molar-refractivity contribution in [1.82, 2.24) is 15.1 Å². The third-order valence-electron chi connectivity index (χ3n) is 2.06. The molecule has 0 saturated carbocycles. The van der Waals surface area contributed by atoms with Crippen LogP contribution in [0.5, 0.6) is 0 Å². The minimum absolute atomic E-state index is 0.314. The molecule has 0 spiro atoms. The lowest BCUT2D eigenvalue weighted by molar-refractivity contribution is 0.0298. The Morgan fingerprint density at radius 1 is 1.35 bits per heavy atom. The van der Waals surface area contributed by atoms with Crippen LogP contribution in [-0.4, -0.2) is 67.2 Å². The summed E-state index contributed by atoms with van der Waals surface area (Å²) < 4.78 is 5.25. The molecule has 0 aliphatic carbocycles. The molecule has 0 saturated heterocycles. The summed E-state index contributed by atoms with van der Waals surface area (Å²) >= 11 is 5.03. The van der Waals surface area contributed by atoms with Gasteiger partial charge in [-0.15, -0.1) is 0 Å². The quantitative estimate of drug-likeness (QED) is 0.363. The molecule has 0 aromatic rings. The molecule has 1 N–H and O–H groups in total. The average molecular weight is 302 g/mol. The Labute approximate surface area is 127 Å². The van der Waals surface area contributed by atoms with Crippen LogP contribution in [0.15, 0.2) is 4.99 Å². The normalized spacial score (nSPS) is 11.3. The summed E-state index contributed by atoms with van der Waals surface area (Å²) in [5.41, 5.74) is -0.466. The Hall–Kier alpha value is -1.37. The van der Waals surface area contributed by atoms with Crippen LogP contribution in [0.2, 0.25) is 0 Å². The number of hydrogen-bond acceptors (Lipinski definition) is 3. The fourth-order valence-corrected chi connectivity index (χ4v) is 1.31. The highest BCUT2D eigenvalue weighted by molar-refractivity contribution is 7.80. The highest BCUT2D eigenvalue weighted by Crippen LogP contribution is 2.08. The van der Waals surface area contributed by atoms with Crippen molar-refractivity contribution in [3.8, 4) is 0 Å². The number of carbonyl (C=O) groups excluding carboxylic acids is 1. The number of carbonyl (C=O) groups is 1. The van der Waals surface area contributed by atoms with Crippen LogP contribution >= 0.6 is 12.2 Å². The van der Waals surface area contributed by atoms with Crippen molar-refractivity contribution in [1.29, 1.82) is 0 Å². The van der Waals surface area contributed by atoms with Gasteiger partial charge in [-0.1, -0.05) is 0 Å². The summed E-state index contributed by atoms with van der Waals surface area (Å²) in [4.78, 5) is 19.1. The lowest BCUT2D eigenvalue weighted by atomic mass is 10.2. The van der Waals surface area contributed by atoms with E-state index >= 15 is 0 Å². The van der Waals surface area contributed by atoms with Crippen LogP contribution in [0.3, 0.4) is 0 Å². The van der Waals surface area contributed by atoms with Crippen molar-refractivity contribution in [3.05, 3.63) is 0 Å². The van der Waals surface area contributed by atoms with Gasteiger partial charge in [-0.2, -0.15) is 0 Å². The van der Waals surface area contributed by atoms with Crippen LogP contribution in [0.4, 0.5) is 4.79 Å². The topological polar surface area (TPSA) is 57.2 Å². The maximum atomic E-state index is 11.7. The summed E-state index contributed by atoms with van der Waals surface area (Å²) in [5, 5.41) is 3.45. The monoisotopic (exact) mass is 302 g/mol. The van der Waals surface area contributed by atoms with E-state index in [0.717, 1.165) is 6.42 Å². The molecule has 20 heavy (non-hydrogen) atoms. The molecular weight excluding hydrogens is 276 g/mol. The molecule has 0 bridgehead atoms. The second-order valence-electron chi connectivity index (χ2n) is 5.70. The van der Waals surface area contributed by atoms with Crippen LogP contribution in [-0.2, 0) is 4.74 Å². The van der Waals surface area contributed by atoms with E-state index in [4.69, 9.17) is 17.0 Å². The van der Waals surface area contributed by atoms with Gasteiger partial charge in [-0.25, -0.2) is 9.79 Å². The van der Waals surface area contributed by atoms with Gasteiger partial charge in [0.1, 0.15) is 5.60 Å². The van der Waals surface area contributed by atoms with Crippen molar-refractivity contribution in [2.24, 2.45) is 4.99 Å². The molecule has 0 unspecified atom stereocenters. The summed E-state index contributed by atoms with van der Waals surface area (Å²) in [5.74, 6) is 0. The zero-order chi connectivity index (χ0) is 15.8. The Morgan fingerprint density at radius 3 is 2.45 bits per heavy atom. The van der Waals surface area contributed by atoms with E-state index in [9.17, 15) is 4.79 Å². The maximum absolute atomic E-state index is 11.7. The number of nitrogens with zero attached hydrogens (tertiary/aromatic N) is 3. The first kappa shape index (κ1) is 18.6. The van der Waals surface area contributed by atoms with E-state index in [1.165, 1.54) is 0 Å². The van der Waals surface area contributed by atoms with E-state index in [1.807, 2.05) is 39.8 Å². The molecule has 7 heteroatoms. The van der Waals surface area contributed by atoms with E-state index < -0.39 is 5.60 Å². The van der Waals surface area contributed by atoms with Crippen LogP contribution in [0.1, 0.15) is 27.2 Å². The number of rotatable bonds is 5. The van der Waals surface area contributed by atoms with Gasteiger partial charge in [0.15, 0.2) is 5.11 Å². The summed E-state index contributed by atoms with van der Waals surface area (Å²) in [6.45, 7) is 6.81. The first-order chi connectivity index (χ1) is 9.11. The van der Waals surface area contributed by atoms with Crippen molar-refractivity contribution in [2.75, 3.05) is 34.2 Å². The van der Waals surface area contributed by atoms with Gasteiger partial charge < -0.3 is 19.9 Å². The maximum Gasteiger partial charge on any atom is 0.410 e. The molecule has 1 amide bonds. The fourth-order valence-electron chi connectivity index (χ4n) is 1.16. The molecule has 0 radical (unpaired) electrons. The Balaban J connectivity index is 3.85. The molecule has 0 rings (SSSR count). The Morgan fingerprint density at radius 2 is 1.95 bits per heavy atom. The minimum Gasteiger partial charge on any atom is -0.444 e. The third kappa shape index (κ3) is 10.5. The zero-order valence-electron chi connectivity index (χ0n) is 13.3. The summed E-state index contributed by atoms with van der Waals surface area (Å²) in [6, 6.07) is 0. The van der Waals surface area contributed by atoms with E-state index in [0.29, 0.717) is 18.2 Å². The lowest BCUT2D eigenvalue weighted by Crippen LogP contribution is -2.35. The van der Waals surface area contributed by atoms with Crippen LogP contribution in [0, 0.1) is 0 Å². The van der Waals surface area contributed by atoms with E-state index in [2.05, 4.69) is 10.3 Å². The van der Waals surface area contributed by atoms with Gasteiger partial charge in [-0.05, 0) is 39.4 Å². The van der Waals surface area contributed by atoms with Crippen molar-refractivity contribution in [3.63, 3.8) is 0 Å². The van der Waals surface area contributed by atoms with Gasteiger partial charge >= 0.3 is 6.09 Å². The van der Waals surface area contributed by atoms with Gasteiger partial charge in [-0.3, -0.25) is 0 Å². The zero-order valence-corrected chi connectivity index (χ0v) is 14.1. The summed E-state index contributed by atoms with van der Waals surface area (Å²) in [7, 11) is 5.47. The Kier molecular flexibility index (Phi) is 8.13. The molecule has 0 fully saturated rings. The second kappa shape index (κ2) is 8.73. The summed E-state index contributed by atoms with van der Waals surface area (Å²) in [6.07, 6.45) is 2.10. The predicted octanol–water partition coefficient (Wildman–Crippen LogP) is 1.71. The second-order valence-corrected chi connectivity index (χ2v) is 6.08. The fraction of sp³-hybridized carbons (Fsp3) is 0.769. The van der Waals surface area contributed by atoms with Gasteiger partial charge in [0.2, 0.25) is 0 Å². The molecule has 6 nitrogen and oxygen atoms in total. The molecule has 116 valence electrons. The van der Waals surface area contributed by atoms with Crippen molar-refractivity contribution >= 4 is 29.8 Å². The van der Waals surface area contributed by atoms with Crippen molar-refractivity contribution in [2.45, 2.75) is 32.8 Å². The molecule has 0 heterocycles. The third-order valence-corrected chi connectivity index (χ3v) is 2.31. The van der Waals surface area contributed by atoms with Crippen LogP contribution < -0.4 is 5.32 Å². The number of ether oxygens (including phenoxy) is 1. The van der Waals surface area contributed by atoms with Crippen molar-refractivity contribution < 1.29 is 9.53 Å². The average Bonchev–Trinajstić information content (AvgIpc) is 2.29. The molecule has 0 aromatic carbocycles. The van der Waals surface area contributed by atoms with E-state index in [1.54, 1.807) is 18.3 Å². The number of thiocarbonyl (C=S) groups is 1. The number of amides is 1. The highest BCUT2D eigenvalue weighted by Gasteiger charge is 2.18. The first-order valence-corrected chi connectivity index (χ1v) is 6.95. The largest absolute Gasteiger partial charge is 0.444 e. The minimum atomic E-state index is -0.466. The molecule has 0 atom stereocenters. The smallest absolute Gasteiger partial charge is 0.410 e. The highest BCUT2D eigenvalue weighted by atomic mass is 32.1. The number of aliphatic imine (C=N–C) groups is 1.